The van der Waals surface area contributed by atoms with Crippen LogP contribution in [0.25, 0.3) is 10.8 Å². The lowest BCUT2D eigenvalue weighted by molar-refractivity contribution is -0.118. The molecule has 0 unspecified atom stereocenters. The predicted octanol–water partition coefficient (Wildman–Crippen LogP) is 3.54. The second kappa shape index (κ2) is 5.34. The van der Waals surface area contributed by atoms with Crippen LogP contribution in [0.3, 0.4) is 0 Å². The van der Waals surface area contributed by atoms with Gasteiger partial charge in [-0.2, -0.15) is 0 Å². The molecule has 2 aliphatic rings. The van der Waals surface area contributed by atoms with Gasteiger partial charge in [-0.05, 0) is 28.7 Å². The number of aromatic hydroxyl groups is 1. The van der Waals surface area contributed by atoms with E-state index in [1.807, 2.05) is 44.2 Å². The van der Waals surface area contributed by atoms with Crippen LogP contribution in [0.4, 0.5) is 4.79 Å². The van der Waals surface area contributed by atoms with E-state index in [2.05, 4.69) is 10.6 Å². The molecule has 2 aromatic rings. The van der Waals surface area contributed by atoms with E-state index in [-0.39, 0.29) is 23.0 Å². The van der Waals surface area contributed by atoms with Gasteiger partial charge in [-0.3, -0.25) is 4.79 Å². The molecule has 25 heavy (non-hydrogen) atoms. The molecule has 1 aliphatic heterocycles. The highest BCUT2D eigenvalue weighted by Crippen LogP contribution is 2.44. The van der Waals surface area contributed by atoms with E-state index in [1.165, 1.54) is 0 Å². The molecule has 1 atom stereocenters. The Labute approximate surface area is 145 Å². The molecular formula is C20H20N2O3. The monoisotopic (exact) mass is 336 g/mol. The van der Waals surface area contributed by atoms with Crippen LogP contribution < -0.4 is 10.6 Å². The van der Waals surface area contributed by atoms with Crippen LogP contribution in [-0.2, 0) is 4.79 Å². The minimum atomic E-state index is -0.640. The molecule has 0 bridgehead atoms. The third-order valence-corrected chi connectivity index (χ3v) is 4.98. The number of fused-ring (bicyclic) bond motifs is 1. The molecule has 2 amide bonds. The van der Waals surface area contributed by atoms with Crippen molar-refractivity contribution in [3.05, 3.63) is 53.2 Å². The molecule has 0 radical (unpaired) electrons. The lowest BCUT2D eigenvalue weighted by Gasteiger charge is -2.38. The van der Waals surface area contributed by atoms with Crippen LogP contribution in [0.2, 0.25) is 0 Å². The number of Topliss-reactive ketones (excluding diaryl/α,β-unsaturated/α-hetero) is 1. The zero-order valence-corrected chi connectivity index (χ0v) is 14.2. The van der Waals surface area contributed by atoms with Crippen molar-refractivity contribution in [2.75, 3.05) is 0 Å². The first-order valence-electron chi connectivity index (χ1n) is 8.40. The highest BCUT2D eigenvalue weighted by molar-refractivity contribution is 6.03. The molecule has 3 N–H and O–H groups in total. The van der Waals surface area contributed by atoms with Crippen LogP contribution in [0, 0.1) is 5.41 Å². The molecule has 4 rings (SSSR count). The summed E-state index contributed by atoms with van der Waals surface area (Å²) in [7, 11) is 0. The fraction of sp³-hybridized carbons (Fsp3) is 0.300. The first-order chi connectivity index (χ1) is 11.9. The Hall–Kier alpha value is -2.82. The number of hydrogen-bond donors (Lipinski definition) is 3. The van der Waals surface area contributed by atoms with Gasteiger partial charge in [0.25, 0.3) is 0 Å². The molecule has 0 aromatic heterocycles. The average molecular weight is 336 g/mol. The summed E-state index contributed by atoms with van der Waals surface area (Å²) in [6.07, 6.45) is 1.05. The van der Waals surface area contributed by atoms with Gasteiger partial charge < -0.3 is 15.7 Å². The topological polar surface area (TPSA) is 78.4 Å². The van der Waals surface area contributed by atoms with E-state index in [1.54, 1.807) is 6.07 Å². The van der Waals surface area contributed by atoms with Gasteiger partial charge in [0.15, 0.2) is 5.78 Å². The summed E-state index contributed by atoms with van der Waals surface area (Å²) in [6.45, 7) is 4.04. The summed E-state index contributed by atoms with van der Waals surface area (Å²) in [6, 6.07) is 10.1. The number of urea groups is 1. The highest BCUT2D eigenvalue weighted by atomic mass is 16.3. The molecule has 1 heterocycles. The van der Waals surface area contributed by atoms with Crippen molar-refractivity contribution < 1.29 is 14.7 Å². The Morgan fingerprint density at radius 1 is 1.08 bits per heavy atom. The lowest BCUT2D eigenvalue weighted by Crippen LogP contribution is -2.48. The number of nitrogens with one attached hydrogen (secondary N) is 2. The molecule has 1 aliphatic carbocycles. The van der Waals surface area contributed by atoms with Crippen molar-refractivity contribution in [1.82, 2.24) is 10.6 Å². The Morgan fingerprint density at radius 2 is 1.84 bits per heavy atom. The van der Waals surface area contributed by atoms with Gasteiger partial charge in [-0.15, -0.1) is 0 Å². The van der Waals surface area contributed by atoms with Gasteiger partial charge in [0.2, 0.25) is 0 Å². The number of benzene rings is 2. The number of carbonyl (C=O) groups excluding carboxylic acids is 2. The third kappa shape index (κ3) is 2.56. The first-order valence-corrected chi connectivity index (χ1v) is 8.40. The van der Waals surface area contributed by atoms with E-state index < -0.39 is 6.04 Å². The van der Waals surface area contributed by atoms with Gasteiger partial charge in [0, 0.05) is 23.3 Å². The molecule has 128 valence electrons. The van der Waals surface area contributed by atoms with Gasteiger partial charge >= 0.3 is 6.03 Å². The lowest BCUT2D eigenvalue weighted by atomic mass is 9.72. The standard InChI is InChI=1S/C20H20N2O3/c1-20(2)9-13-17(15(24)10-20)18(22-19(25)21-13)16-12-6-4-3-5-11(12)7-8-14(16)23/h3-8,18,23H,9-10H2,1-2H3,(H2,21,22,25)/t18-/m1/s1. The molecule has 0 saturated carbocycles. The molecule has 2 aromatic carbocycles. The van der Waals surface area contributed by atoms with E-state index in [4.69, 9.17) is 0 Å². The Bertz CT molecular complexity index is 943. The second-order valence-corrected chi connectivity index (χ2v) is 7.58. The van der Waals surface area contributed by atoms with Gasteiger partial charge in [0.05, 0.1) is 6.04 Å². The van der Waals surface area contributed by atoms with E-state index in [9.17, 15) is 14.7 Å². The summed E-state index contributed by atoms with van der Waals surface area (Å²) in [5.41, 5.74) is 1.62. The number of carbonyl (C=O) groups is 2. The summed E-state index contributed by atoms with van der Waals surface area (Å²) >= 11 is 0. The summed E-state index contributed by atoms with van der Waals surface area (Å²) in [5, 5.41) is 17.9. The van der Waals surface area contributed by atoms with Gasteiger partial charge in [-0.1, -0.05) is 44.2 Å². The van der Waals surface area contributed by atoms with Crippen LogP contribution >= 0.6 is 0 Å². The maximum absolute atomic E-state index is 12.9. The van der Waals surface area contributed by atoms with Gasteiger partial charge in [0.1, 0.15) is 5.75 Å². The van der Waals surface area contributed by atoms with Crippen molar-refractivity contribution in [3.63, 3.8) is 0 Å². The number of allylic oxidation sites excluding steroid dienone is 1. The van der Waals surface area contributed by atoms with Crippen molar-refractivity contribution in [3.8, 4) is 5.75 Å². The Balaban J connectivity index is 1.95. The minimum absolute atomic E-state index is 0.0103. The van der Waals surface area contributed by atoms with E-state index in [0.29, 0.717) is 29.7 Å². The largest absolute Gasteiger partial charge is 0.508 e. The normalized spacial score (nSPS) is 22.4. The highest BCUT2D eigenvalue weighted by Gasteiger charge is 2.41. The number of ketones is 1. The van der Waals surface area contributed by atoms with Crippen LogP contribution in [0.5, 0.6) is 5.75 Å². The predicted molar refractivity (Wildman–Crippen MR) is 95.1 cm³/mol. The number of hydrogen-bond acceptors (Lipinski definition) is 3. The Kier molecular flexibility index (Phi) is 3.35. The number of rotatable bonds is 1. The Morgan fingerprint density at radius 3 is 2.64 bits per heavy atom. The molecular weight excluding hydrogens is 316 g/mol. The van der Waals surface area contributed by atoms with Crippen molar-refractivity contribution in [2.45, 2.75) is 32.7 Å². The summed E-state index contributed by atoms with van der Waals surface area (Å²) in [4.78, 5) is 25.1. The molecule has 0 saturated heterocycles. The number of phenols is 1. The van der Waals surface area contributed by atoms with Crippen LogP contribution in [0.15, 0.2) is 47.7 Å². The third-order valence-electron chi connectivity index (χ3n) is 4.98. The number of amides is 2. The maximum atomic E-state index is 12.9. The number of phenolic OH excluding ortho intramolecular Hbond substituents is 1. The van der Waals surface area contributed by atoms with Crippen molar-refractivity contribution >= 4 is 22.6 Å². The fourth-order valence-electron chi connectivity index (χ4n) is 3.96. The first kappa shape index (κ1) is 15.7. The van der Waals surface area contributed by atoms with Crippen molar-refractivity contribution in [1.29, 1.82) is 0 Å². The quantitative estimate of drug-likeness (QED) is 0.745. The summed E-state index contributed by atoms with van der Waals surface area (Å²) < 4.78 is 0. The van der Waals surface area contributed by atoms with Crippen molar-refractivity contribution in [2.24, 2.45) is 5.41 Å². The molecule has 5 nitrogen and oxygen atoms in total. The van der Waals surface area contributed by atoms with Gasteiger partial charge in [-0.25, -0.2) is 4.79 Å². The fourth-order valence-corrected chi connectivity index (χ4v) is 3.96. The minimum Gasteiger partial charge on any atom is -0.508 e. The molecule has 0 spiro atoms. The van der Waals surface area contributed by atoms with E-state index >= 15 is 0 Å². The average Bonchev–Trinajstić information content (AvgIpc) is 2.52. The molecule has 5 heteroatoms. The van der Waals surface area contributed by atoms with E-state index in [0.717, 1.165) is 10.8 Å². The second-order valence-electron chi connectivity index (χ2n) is 7.58. The zero-order chi connectivity index (χ0) is 17.8. The summed E-state index contributed by atoms with van der Waals surface area (Å²) in [5.74, 6) is 0.0893. The maximum Gasteiger partial charge on any atom is 0.319 e. The SMILES string of the molecule is CC1(C)CC(=O)C2=C(C1)NC(=O)N[C@@H]2c1c(O)ccc2ccccc12. The van der Waals surface area contributed by atoms with Crippen LogP contribution in [-0.4, -0.2) is 16.9 Å². The zero-order valence-electron chi connectivity index (χ0n) is 14.2. The molecule has 0 fully saturated rings. The van der Waals surface area contributed by atoms with Crippen LogP contribution in [0.1, 0.15) is 38.3 Å². The smallest absolute Gasteiger partial charge is 0.319 e.